The van der Waals surface area contributed by atoms with E-state index in [1.807, 2.05) is 6.07 Å². The van der Waals surface area contributed by atoms with Crippen molar-refractivity contribution >= 4 is 40.7 Å². The minimum Gasteiger partial charge on any atom is -0.435 e. The van der Waals surface area contributed by atoms with E-state index in [0.717, 1.165) is 4.90 Å². The third kappa shape index (κ3) is 4.66. The number of hydrogen-bond acceptors (Lipinski definition) is 3. The first-order valence-electron chi connectivity index (χ1n) is 5.87. The molecule has 0 saturated heterocycles. The van der Waals surface area contributed by atoms with E-state index in [1.54, 1.807) is 18.2 Å². The molecule has 0 unspecified atom stereocenters. The highest BCUT2D eigenvalue weighted by Gasteiger charge is 2.11. The molecule has 112 valence electrons. The third-order valence-electron chi connectivity index (χ3n) is 2.60. The van der Waals surface area contributed by atoms with Gasteiger partial charge < -0.3 is 10.5 Å². The number of rotatable bonds is 5. The van der Waals surface area contributed by atoms with E-state index in [9.17, 15) is 8.78 Å². The Morgan fingerprint density at radius 2 is 1.90 bits per heavy atom. The van der Waals surface area contributed by atoms with Crippen molar-refractivity contribution in [2.45, 2.75) is 17.3 Å². The van der Waals surface area contributed by atoms with Crippen LogP contribution in [0.25, 0.3) is 0 Å². The number of nitrogens with two attached hydrogens (primary N) is 1. The molecule has 0 bridgehead atoms. The van der Waals surface area contributed by atoms with Crippen LogP contribution >= 0.6 is 35.0 Å². The number of benzene rings is 2. The lowest BCUT2D eigenvalue weighted by Gasteiger charge is -2.11. The lowest BCUT2D eigenvalue weighted by atomic mass is 10.2. The molecule has 0 aromatic heterocycles. The van der Waals surface area contributed by atoms with Gasteiger partial charge in [-0.05, 0) is 36.4 Å². The fraction of sp³-hybridized carbons (Fsp3) is 0.143. The Kier molecular flexibility index (Phi) is 5.56. The third-order valence-corrected chi connectivity index (χ3v) is 4.21. The maximum Gasteiger partial charge on any atom is 0.387 e. The molecule has 0 aliphatic heterocycles. The summed E-state index contributed by atoms with van der Waals surface area (Å²) in [5.41, 5.74) is 6.71. The molecular formula is C14H11Cl2F2NOS. The molecule has 0 atom stereocenters. The molecule has 0 radical (unpaired) electrons. The van der Waals surface area contributed by atoms with Crippen LogP contribution in [-0.4, -0.2) is 6.61 Å². The molecule has 7 heteroatoms. The molecule has 2 N–H and O–H groups in total. The molecule has 2 aromatic carbocycles. The minimum atomic E-state index is -2.87. The lowest BCUT2D eigenvalue weighted by molar-refractivity contribution is -0.0503. The fourth-order valence-electron chi connectivity index (χ4n) is 1.63. The summed E-state index contributed by atoms with van der Waals surface area (Å²) in [5.74, 6) is 0.534. The van der Waals surface area contributed by atoms with E-state index < -0.39 is 6.61 Å². The minimum absolute atomic E-state index is 0.114. The van der Waals surface area contributed by atoms with Crippen molar-refractivity contribution in [1.82, 2.24) is 0 Å². The summed E-state index contributed by atoms with van der Waals surface area (Å²) < 4.78 is 29.2. The summed E-state index contributed by atoms with van der Waals surface area (Å²) in [4.78, 5) is 0.872. The predicted molar refractivity (Wildman–Crippen MR) is 83.5 cm³/mol. The van der Waals surface area contributed by atoms with Crippen molar-refractivity contribution in [3.63, 3.8) is 0 Å². The molecular weight excluding hydrogens is 339 g/mol. The van der Waals surface area contributed by atoms with Gasteiger partial charge in [-0.3, -0.25) is 0 Å². The molecule has 0 saturated carbocycles. The maximum atomic E-state index is 12.4. The van der Waals surface area contributed by atoms with Gasteiger partial charge >= 0.3 is 6.61 Å². The van der Waals surface area contributed by atoms with Crippen molar-refractivity contribution in [3.05, 3.63) is 52.0 Å². The normalized spacial score (nSPS) is 10.9. The molecule has 0 spiro atoms. The van der Waals surface area contributed by atoms with Crippen LogP contribution in [0.1, 0.15) is 5.56 Å². The first-order chi connectivity index (χ1) is 9.95. The van der Waals surface area contributed by atoms with E-state index in [-0.39, 0.29) is 5.75 Å². The highest BCUT2D eigenvalue weighted by atomic mass is 35.5. The summed E-state index contributed by atoms with van der Waals surface area (Å²) >= 11 is 13.3. The van der Waals surface area contributed by atoms with Crippen molar-refractivity contribution in [3.8, 4) is 5.75 Å². The van der Waals surface area contributed by atoms with Crippen LogP contribution in [0.3, 0.4) is 0 Å². The molecule has 0 aliphatic carbocycles. The van der Waals surface area contributed by atoms with E-state index >= 15 is 0 Å². The highest BCUT2D eigenvalue weighted by Crippen LogP contribution is 2.33. The number of halogens is 4. The zero-order chi connectivity index (χ0) is 15.4. The number of anilines is 1. The smallest absolute Gasteiger partial charge is 0.387 e. The fourth-order valence-corrected chi connectivity index (χ4v) is 2.98. The topological polar surface area (TPSA) is 35.2 Å². The summed E-state index contributed by atoms with van der Waals surface area (Å²) in [6.45, 7) is -2.87. The number of thioether (sulfide) groups is 1. The van der Waals surface area contributed by atoms with Gasteiger partial charge in [0.2, 0.25) is 0 Å². The Balaban J connectivity index is 2.14. The van der Waals surface area contributed by atoms with Crippen LogP contribution in [0.5, 0.6) is 5.75 Å². The van der Waals surface area contributed by atoms with Gasteiger partial charge in [0.25, 0.3) is 0 Å². The number of hydrogen-bond donors (Lipinski definition) is 1. The van der Waals surface area contributed by atoms with Crippen LogP contribution in [-0.2, 0) is 5.75 Å². The molecule has 2 aromatic rings. The predicted octanol–water partition coefficient (Wildman–Crippen LogP) is 5.47. The molecule has 2 rings (SSSR count). The maximum absolute atomic E-state index is 12.4. The quantitative estimate of drug-likeness (QED) is 0.574. The highest BCUT2D eigenvalue weighted by molar-refractivity contribution is 7.98. The summed E-state index contributed by atoms with van der Waals surface area (Å²) in [7, 11) is 0. The van der Waals surface area contributed by atoms with Gasteiger partial charge in [0.15, 0.2) is 0 Å². The largest absolute Gasteiger partial charge is 0.435 e. The Bertz CT molecular complexity index is 640. The average Bonchev–Trinajstić information content (AvgIpc) is 2.42. The van der Waals surface area contributed by atoms with Gasteiger partial charge in [0.1, 0.15) is 5.75 Å². The van der Waals surface area contributed by atoms with Crippen LogP contribution in [0.4, 0.5) is 14.5 Å². The van der Waals surface area contributed by atoms with Gasteiger partial charge in [-0.1, -0.05) is 23.2 Å². The van der Waals surface area contributed by atoms with Crippen LogP contribution < -0.4 is 10.5 Å². The molecule has 2 nitrogen and oxygen atoms in total. The Labute approximate surface area is 135 Å². The van der Waals surface area contributed by atoms with Gasteiger partial charge in [-0.2, -0.15) is 8.78 Å². The van der Waals surface area contributed by atoms with Crippen molar-refractivity contribution in [2.24, 2.45) is 0 Å². The van der Waals surface area contributed by atoms with Crippen LogP contribution in [0, 0.1) is 0 Å². The van der Waals surface area contributed by atoms with Gasteiger partial charge in [0.05, 0.1) is 10.7 Å². The van der Waals surface area contributed by atoms with Gasteiger partial charge in [-0.15, -0.1) is 11.8 Å². The molecule has 0 amide bonds. The molecule has 21 heavy (non-hydrogen) atoms. The van der Waals surface area contributed by atoms with Crippen molar-refractivity contribution in [2.75, 3.05) is 5.73 Å². The molecule has 0 heterocycles. The van der Waals surface area contributed by atoms with Gasteiger partial charge in [0, 0.05) is 21.2 Å². The number of alkyl halides is 2. The van der Waals surface area contributed by atoms with Crippen LogP contribution in [0.15, 0.2) is 41.3 Å². The van der Waals surface area contributed by atoms with E-state index in [0.29, 0.717) is 27.0 Å². The van der Waals surface area contributed by atoms with E-state index in [2.05, 4.69) is 4.74 Å². The lowest BCUT2D eigenvalue weighted by Crippen LogP contribution is -2.04. The molecule has 0 fully saturated rings. The Morgan fingerprint density at radius 1 is 1.14 bits per heavy atom. The van der Waals surface area contributed by atoms with E-state index in [4.69, 9.17) is 28.9 Å². The summed E-state index contributed by atoms with van der Waals surface area (Å²) in [6.07, 6.45) is 0. The second-order valence-electron chi connectivity index (χ2n) is 4.10. The first kappa shape index (κ1) is 16.2. The number of ether oxygens (including phenoxy) is 1. The van der Waals surface area contributed by atoms with Gasteiger partial charge in [-0.25, -0.2) is 0 Å². The monoisotopic (exact) mass is 349 g/mol. The van der Waals surface area contributed by atoms with Crippen molar-refractivity contribution in [1.29, 1.82) is 0 Å². The number of nitrogen functional groups attached to an aromatic ring is 1. The average molecular weight is 350 g/mol. The standard InChI is InChI=1S/C14H11Cl2F2NOS/c15-9-1-4-13(20-14(17)18)8(5-9)7-21-10-2-3-12(19)11(16)6-10/h1-6,14H,7,19H2. The zero-order valence-electron chi connectivity index (χ0n) is 10.7. The Morgan fingerprint density at radius 3 is 2.57 bits per heavy atom. The second-order valence-corrected chi connectivity index (χ2v) is 5.99. The molecule has 0 aliphatic rings. The second kappa shape index (κ2) is 7.20. The Hall–Kier alpha value is -1.17. The first-order valence-corrected chi connectivity index (χ1v) is 7.61. The SMILES string of the molecule is Nc1ccc(SCc2cc(Cl)ccc2OC(F)F)cc1Cl. The summed E-state index contributed by atoms with van der Waals surface area (Å²) in [6, 6.07) is 9.77. The van der Waals surface area contributed by atoms with E-state index in [1.165, 1.54) is 23.9 Å². The van der Waals surface area contributed by atoms with Crippen LogP contribution in [0.2, 0.25) is 10.0 Å². The zero-order valence-corrected chi connectivity index (χ0v) is 13.0. The summed E-state index contributed by atoms with van der Waals surface area (Å²) in [5, 5.41) is 0.915. The van der Waals surface area contributed by atoms with Crippen molar-refractivity contribution < 1.29 is 13.5 Å².